The van der Waals surface area contributed by atoms with Crippen LogP contribution in [0.15, 0.2) is 47.4 Å². The van der Waals surface area contributed by atoms with Crippen molar-refractivity contribution >= 4 is 21.9 Å². The molecule has 1 aliphatic carbocycles. The Kier molecular flexibility index (Phi) is 4.79. The minimum atomic E-state index is -0.0731. The van der Waals surface area contributed by atoms with Gasteiger partial charge in [0, 0.05) is 30.9 Å². The van der Waals surface area contributed by atoms with Gasteiger partial charge < -0.3 is 4.98 Å². The molecular formula is C25H28N6O. The standard InChI is InChI=1S/C25H28N6O/c1-16-13-30(14-18-11-10-17-6-2-5-9-22(17)27-18)15-21(16)23-28-24-20(25(32)29-23)12-26-31(24)19-7-3-4-8-19/h2,5-6,9-12,16,19,21H,3-4,7-8,13-15H2,1H3,(H,28,29,32)/t16-,21-/m1/s1. The SMILES string of the molecule is C[C@@H]1CN(Cc2ccc3ccccc3n2)C[C@H]1c1nc2c(cnn2C2CCCC2)c(=O)[nH]1. The number of fused-ring (bicyclic) bond motifs is 2. The van der Waals surface area contributed by atoms with Gasteiger partial charge in [-0.05, 0) is 30.9 Å². The van der Waals surface area contributed by atoms with Crippen LogP contribution in [0.5, 0.6) is 0 Å². The topological polar surface area (TPSA) is 79.7 Å². The number of H-pyrrole nitrogens is 1. The van der Waals surface area contributed by atoms with Gasteiger partial charge in [0.05, 0.1) is 23.4 Å². The maximum absolute atomic E-state index is 12.8. The number of likely N-dealkylation sites (tertiary alicyclic amines) is 1. The second kappa shape index (κ2) is 7.81. The molecule has 0 bridgehead atoms. The molecule has 0 spiro atoms. The van der Waals surface area contributed by atoms with Crippen molar-refractivity contribution in [3.05, 3.63) is 64.5 Å². The van der Waals surface area contributed by atoms with Crippen molar-refractivity contribution < 1.29 is 0 Å². The molecular weight excluding hydrogens is 400 g/mol. The maximum Gasteiger partial charge on any atom is 0.262 e. The second-order valence-corrected chi connectivity index (χ2v) is 9.49. The average Bonchev–Trinajstić information content (AvgIpc) is 3.53. The van der Waals surface area contributed by atoms with Crippen molar-refractivity contribution in [2.75, 3.05) is 13.1 Å². The fourth-order valence-corrected chi connectivity index (χ4v) is 5.52. The molecule has 164 valence electrons. The smallest absolute Gasteiger partial charge is 0.262 e. The normalized spacial score (nSPS) is 22.4. The van der Waals surface area contributed by atoms with E-state index in [1.807, 2.05) is 16.8 Å². The number of benzene rings is 1. The van der Waals surface area contributed by atoms with E-state index >= 15 is 0 Å². The average molecular weight is 429 g/mol. The predicted octanol–water partition coefficient (Wildman–Crippen LogP) is 4.02. The summed E-state index contributed by atoms with van der Waals surface area (Å²) in [6.07, 6.45) is 6.36. The van der Waals surface area contributed by atoms with Crippen LogP contribution < -0.4 is 5.56 Å². The largest absolute Gasteiger partial charge is 0.310 e. The second-order valence-electron chi connectivity index (χ2n) is 9.49. The Bertz CT molecular complexity index is 1340. The van der Waals surface area contributed by atoms with Crippen LogP contribution in [-0.4, -0.2) is 42.7 Å². The number of para-hydroxylation sites is 1. The van der Waals surface area contributed by atoms with Crippen molar-refractivity contribution in [3.8, 4) is 0 Å². The van der Waals surface area contributed by atoms with Gasteiger partial charge in [0.1, 0.15) is 11.2 Å². The van der Waals surface area contributed by atoms with Crippen molar-refractivity contribution in [2.24, 2.45) is 5.92 Å². The van der Waals surface area contributed by atoms with Gasteiger partial charge in [-0.15, -0.1) is 0 Å². The van der Waals surface area contributed by atoms with Gasteiger partial charge in [0.25, 0.3) is 5.56 Å². The highest BCUT2D eigenvalue weighted by atomic mass is 16.1. The minimum absolute atomic E-state index is 0.0731. The molecule has 1 aliphatic heterocycles. The Morgan fingerprint density at radius 2 is 1.91 bits per heavy atom. The lowest BCUT2D eigenvalue weighted by Gasteiger charge is -2.16. The van der Waals surface area contributed by atoms with Crippen LogP contribution >= 0.6 is 0 Å². The van der Waals surface area contributed by atoms with Crippen LogP contribution in [0, 0.1) is 5.92 Å². The molecule has 2 aliphatic rings. The van der Waals surface area contributed by atoms with Crippen LogP contribution in [0.1, 0.15) is 56.1 Å². The maximum atomic E-state index is 12.8. The van der Waals surface area contributed by atoms with Crippen molar-refractivity contribution in [1.29, 1.82) is 0 Å². The van der Waals surface area contributed by atoms with E-state index in [-0.39, 0.29) is 11.5 Å². The molecule has 3 aromatic heterocycles. The van der Waals surface area contributed by atoms with Crippen LogP contribution in [0.4, 0.5) is 0 Å². The summed E-state index contributed by atoms with van der Waals surface area (Å²) in [5, 5.41) is 6.30. The van der Waals surface area contributed by atoms with Crippen LogP contribution in [0.2, 0.25) is 0 Å². The summed E-state index contributed by atoms with van der Waals surface area (Å²) in [4.78, 5) is 28.1. The zero-order valence-corrected chi connectivity index (χ0v) is 18.4. The van der Waals surface area contributed by atoms with Crippen LogP contribution in [0.3, 0.4) is 0 Å². The molecule has 2 fully saturated rings. The highest BCUT2D eigenvalue weighted by Gasteiger charge is 2.33. The van der Waals surface area contributed by atoms with E-state index in [1.165, 1.54) is 12.8 Å². The van der Waals surface area contributed by atoms with Crippen molar-refractivity contribution in [2.45, 2.75) is 51.1 Å². The summed E-state index contributed by atoms with van der Waals surface area (Å²) in [6, 6.07) is 12.9. The molecule has 4 heterocycles. The predicted molar refractivity (Wildman–Crippen MR) is 125 cm³/mol. The Morgan fingerprint density at radius 1 is 1.06 bits per heavy atom. The van der Waals surface area contributed by atoms with E-state index in [0.717, 1.165) is 60.5 Å². The van der Waals surface area contributed by atoms with Gasteiger partial charge in [-0.2, -0.15) is 5.10 Å². The van der Waals surface area contributed by atoms with Gasteiger partial charge in [-0.3, -0.25) is 14.7 Å². The molecule has 1 aromatic carbocycles. The van der Waals surface area contributed by atoms with Crippen LogP contribution in [0.25, 0.3) is 21.9 Å². The molecule has 32 heavy (non-hydrogen) atoms. The van der Waals surface area contributed by atoms with Gasteiger partial charge in [0.2, 0.25) is 0 Å². The van der Waals surface area contributed by atoms with Gasteiger partial charge >= 0.3 is 0 Å². The van der Waals surface area contributed by atoms with E-state index in [1.54, 1.807) is 6.20 Å². The van der Waals surface area contributed by atoms with Gasteiger partial charge in [-0.1, -0.05) is 44.0 Å². The first-order valence-electron chi connectivity index (χ1n) is 11.7. The third-order valence-corrected chi connectivity index (χ3v) is 7.23. The fourth-order valence-electron chi connectivity index (χ4n) is 5.52. The first-order chi connectivity index (χ1) is 15.7. The van der Waals surface area contributed by atoms with E-state index < -0.39 is 0 Å². The number of hydrogen-bond donors (Lipinski definition) is 1. The summed E-state index contributed by atoms with van der Waals surface area (Å²) in [7, 11) is 0. The highest BCUT2D eigenvalue weighted by Crippen LogP contribution is 2.33. The molecule has 1 N–H and O–H groups in total. The lowest BCUT2D eigenvalue weighted by Crippen LogP contribution is -2.22. The number of nitrogens with zero attached hydrogens (tertiary/aromatic N) is 5. The Hall–Kier alpha value is -3.06. The summed E-state index contributed by atoms with van der Waals surface area (Å²) < 4.78 is 2.00. The Labute approximate surface area is 186 Å². The molecule has 2 atom stereocenters. The van der Waals surface area contributed by atoms with E-state index in [0.29, 0.717) is 17.3 Å². The molecule has 7 heteroatoms. The van der Waals surface area contributed by atoms with Gasteiger partial charge in [0.15, 0.2) is 5.65 Å². The molecule has 0 unspecified atom stereocenters. The first kappa shape index (κ1) is 19.6. The quantitative estimate of drug-likeness (QED) is 0.531. The first-order valence-corrected chi connectivity index (χ1v) is 11.7. The monoisotopic (exact) mass is 428 g/mol. The van der Waals surface area contributed by atoms with Crippen molar-refractivity contribution in [3.63, 3.8) is 0 Å². The number of rotatable bonds is 4. The Balaban J connectivity index is 1.27. The summed E-state index contributed by atoms with van der Waals surface area (Å²) in [6.45, 7) is 4.87. The molecule has 1 saturated carbocycles. The van der Waals surface area contributed by atoms with Gasteiger partial charge in [-0.25, -0.2) is 9.67 Å². The number of pyridine rings is 1. The molecule has 6 rings (SSSR count). The summed E-state index contributed by atoms with van der Waals surface area (Å²) in [5.41, 5.74) is 2.78. The number of nitrogens with one attached hydrogen (secondary N) is 1. The van der Waals surface area contributed by atoms with E-state index in [9.17, 15) is 4.79 Å². The Morgan fingerprint density at radius 3 is 2.78 bits per heavy atom. The molecule has 7 nitrogen and oxygen atoms in total. The van der Waals surface area contributed by atoms with E-state index in [4.69, 9.17) is 9.97 Å². The fraction of sp³-hybridized carbons (Fsp3) is 0.440. The van der Waals surface area contributed by atoms with Crippen molar-refractivity contribution in [1.82, 2.24) is 29.6 Å². The summed E-state index contributed by atoms with van der Waals surface area (Å²) >= 11 is 0. The van der Waals surface area contributed by atoms with E-state index in [2.05, 4.69) is 46.2 Å². The third-order valence-electron chi connectivity index (χ3n) is 7.23. The third kappa shape index (κ3) is 3.41. The minimum Gasteiger partial charge on any atom is -0.310 e. The molecule has 0 radical (unpaired) electrons. The lowest BCUT2D eigenvalue weighted by atomic mass is 9.97. The molecule has 4 aromatic rings. The summed E-state index contributed by atoms with van der Waals surface area (Å²) in [5.74, 6) is 1.39. The lowest BCUT2D eigenvalue weighted by molar-refractivity contribution is 0.315. The zero-order chi connectivity index (χ0) is 21.7. The number of hydrogen-bond acceptors (Lipinski definition) is 5. The van der Waals surface area contributed by atoms with Crippen LogP contribution in [-0.2, 0) is 6.54 Å². The molecule has 0 amide bonds. The zero-order valence-electron chi connectivity index (χ0n) is 18.4. The highest BCUT2D eigenvalue weighted by molar-refractivity contribution is 5.78. The number of aromatic nitrogens is 5. The number of aromatic amines is 1. The molecule has 1 saturated heterocycles.